The highest BCUT2D eigenvalue weighted by atomic mass is 127. The summed E-state index contributed by atoms with van der Waals surface area (Å²) in [7, 11) is 4.75. The minimum Gasteiger partial charge on any atom is -0.493 e. The number of hydrogen-bond donors (Lipinski definition) is 2. The third-order valence-corrected chi connectivity index (χ3v) is 3.48. The van der Waals surface area contributed by atoms with Crippen LogP contribution in [0, 0.1) is 0 Å². The highest BCUT2D eigenvalue weighted by molar-refractivity contribution is 14.0. The first-order valence-corrected chi connectivity index (χ1v) is 8.09. The van der Waals surface area contributed by atoms with Gasteiger partial charge in [-0.05, 0) is 19.1 Å². The summed E-state index contributed by atoms with van der Waals surface area (Å²) in [5.41, 5.74) is 0.784. The van der Waals surface area contributed by atoms with Gasteiger partial charge in [0.1, 0.15) is 5.76 Å². The molecule has 0 radical (unpaired) electrons. The van der Waals surface area contributed by atoms with Crippen LogP contribution in [0.15, 0.2) is 39.9 Å². The third kappa shape index (κ3) is 6.01. The highest BCUT2D eigenvalue weighted by Gasteiger charge is 2.13. The molecule has 0 unspecified atom stereocenters. The molecule has 1 aromatic heterocycles. The fraction of sp³-hybridized carbons (Fsp3) is 0.389. The Kier molecular flexibility index (Phi) is 9.71. The first-order valence-electron chi connectivity index (χ1n) is 8.09. The zero-order valence-corrected chi connectivity index (χ0v) is 17.8. The van der Waals surface area contributed by atoms with Gasteiger partial charge in [0.15, 0.2) is 17.5 Å². The molecule has 0 spiro atoms. The van der Waals surface area contributed by atoms with Crippen LogP contribution in [0.5, 0.6) is 17.2 Å². The molecular formula is C18H26IN3O4. The number of methoxy groups -OCH3 is 3. The fourth-order valence-corrected chi connectivity index (χ4v) is 2.33. The molecule has 0 aliphatic rings. The van der Waals surface area contributed by atoms with Gasteiger partial charge in [0.2, 0.25) is 5.75 Å². The van der Waals surface area contributed by atoms with Crippen LogP contribution in [0.25, 0.3) is 0 Å². The zero-order chi connectivity index (χ0) is 18.1. The van der Waals surface area contributed by atoms with E-state index in [2.05, 4.69) is 15.6 Å². The van der Waals surface area contributed by atoms with Gasteiger partial charge in [-0.15, -0.1) is 24.0 Å². The van der Waals surface area contributed by atoms with Crippen molar-refractivity contribution in [3.8, 4) is 17.2 Å². The number of benzene rings is 1. The number of guanidine groups is 1. The van der Waals surface area contributed by atoms with E-state index in [-0.39, 0.29) is 24.0 Å². The Morgan fingerprint density at radius 3 is 2.31 bits per heavy atom. The maximum Gasteiger partial charge on any atom is 0.203 e. The molecule has 0 bridgehead atoms. The first-order chi connectivity index (χ1) is 12.2. The predicted molar refractivity (Wildman–Crippen MR) is 114 cm³/mol. The predicted octanol–water partition coefficient (Wildman–Crippen LogP) is 3.54. The summed E-state index contributed by atoms with van der Waals surface area (Å²) in [4.78, 5) is 4.56. The number of hydrogen-bond acceptors (Lipinski definition) is 5. The van der Waals surface area contributed by atoms with E-state index >= 15 is 0 Å². The van der Waals surface area contributed by atoms with Gasteiger partial charge in [0.25, 0.3) is 0 Å². The lowest BCUT2D eigenvalue weighted by Crippen LogP contribution is -2.31. The maximum atomic E-state index is 5.37. The summed E-state index contributed by atoms with van der Waals surface area (Å²) in [5, 5.41) is 6.46. The molecule has 0 aliphatic heterocycles. The van der Waals surface area contributed by atoms with Crippen LogP contribution in [0.4, 0.5) is 5.69 Å². The number of halogens is 1. The van der Waals surface area contributed by atoms with Crippen LogP contribution < -0.4 is 24.8 Å². The second kappa shape index (κ2) is 11.5. The van der Waals surface area contributed by atoms with E-state index in [9.17, 15) is 0 Å². The van der Waals surface area contributed by atoms with Crippen molar-refractivity contribution in [2.45, 2.75) is 13.3 Å². The van der Waals surface area contributed by atoms with Gasteiger partial charge in [0, 0.05) is 37.3 Å². The smallest absolute Gasteiger partial charge is 0.203 e. The molecule has 0 saturated carbocycles. The summed E-state index contributed by atoms with van der Waals surface area (Å²) in [5.74, 6) is 3.29. The molecule has 7 nitrogen and oxygen atoms in total. The SMILES string of the molecule is CCNC(=NCCc1ccco1)Nc1cc(OC)c(OC)c(OC)c1.I. The monoisotopic (exact) mass is 475 g/mol. The fourth-order valence-electron chi connectivity index (χ4n) is 2.33. The summed E-state index contributed by atoms with van der Waals surface area (Å²) in [6, 6.07) is 7.48. The summed E-state index contributed by atoms with van der Waals surface area (Å²) in [6.45, 7) is 3.36. The normalized spacial score (nSPS) is 10.7. The van der Waals surface area contributed by atoms with Gasteiger partial charge < -0.3 is 29.3 Å². The largest absolute Gasteiger partial charge is 0.493 e. The number of furan rings is 1. The second-order valence-corrected chi connectivity index (χ2v) is 5.13. The number of aliphatic imine (C=N–C) groups is 1. The van der Waals surface area contributed by atoms with Gasteiger partial charge >= 0.3 is 0 Å². The number of rotatable bonds is 8. The number of ether oxygens (including phenoxy) is 3. The van der Waals surface area contributed by atoms with Crippen molar-refractivity contribution in [2.24, 2.45) is 4.99 Å². The Labute approximate surface area is 171 Å². The van der Waals surface area contributed by atoms with Crippen molar-refractivity contribution < 1.29 is 18.6 Å². The number of anilines is 1. The summed E-state index contributed by atoms with van der Waals surface area (Å²) < 4.78 is 21.4. The Bertz CT molecular complexity index is 665. The van der Waals surface area contributed by atoms with E-state index in [1.54, 1.807) is 27.6 Å². The van der Waals surface area contributed by atoms with Crippen LogP contribution in [-0.4, -0.2) is 40.4 Å². The van der Waals surface area contributed by atoms with Crippen LogP contribution in [-0.2, 0) is 6.42 Å². The lowest BCUT2D eigenvalue weighted by Gasteiger charge is -2.16. The van der Waals surface area contributed by atoms with Crippen LogP contribution in [0.1, 0.15) is 12.7 Å². The van der Waals surface area contributed by atoms with E-state index in [0.717, 1.165) is 24.4 Å². The van der Waals surface area contributed by atoms with Gasteiger partial charge in [-0.1, -0.05) is 0 Å². The Morgan fingerprint density at radius 2 is 1.81 bits per heavy atom. The van der Waals surface area contributed by atoms with Crippen molar-refractivity contribution in [3.63, 3.8) is 0 Å². The molecule has 0 atom stereocenters. The molecule has 1 heterocycles. The Morgan fingerprint density at radius 1 is 1.12 bits per heavy atom. The van der Waals surface area contributed by atoms with Gasteiger partial charge in [0.05, 0.1) is 27.6 Å². The van der Waals surface area contributed by atoms with E-state index in [0.29, 0.717) is 29.8 Å². The van der Waals surface area contributed by atoms with Crippen LogP contribution >= 0.6 is 24.0 Å². The van der Waals surface area contributed by atoms with Crippen LogP contribution in [0.2, 0.25) is 0 Å². The van der Waals surface area contributed by atoms with E-state index in [1.807, 2.05) is 31.2 Å². The molecule has 1 aromatic carbocycles. The Balaban J connectivity index is 0.00000338. The first kappa shape index (κ1) is 21.9. The summed E-state index contributed by atoms with van der Waals surface area (Å²) in [6.07, 6.45) is 2.40. The molecular weight excluding hydrogens is 449 g/mol. The second-order valence-electron chi connectivity index (χ2n) is 5.13. The van der Waals surface area contributed by atoms with E-state index < -0.39 is 0 Å². The minimum absolute atomic E-state index is 0. The lowest BCUT2D eigenvalue weighted by molar-refractivity contribution is 0.324. The third-order valence-electron chi connectivity index (χ3n) is 3.48. The highest BCUT2D eigenvalue weighted by Crippen LogP contribution is 2.39. The minimum atomic E-state index is 0. The van der Waals surface area contributed by atoms with E-state index in [4.69, 9.17) is 18.6 Å². The van der Waals surface area contributed by atoms with Crippen molar-refractivity contribution >= 4 is 35.6 Å². The Hall–Kier alpha value is -2.10. The molecule has 0 fully saturated rings. The summed E-state index contributed by atoms with van der Waals surface area (Å²) >= 11 is 0. The van der Waals surface area contributed by atoms with Gasteiger partial charge in [-0.3, -0.25) is 4.99 Å². The average molecular weight is 475 g/mol. The molecule has 2 rings (SSSR count). The van der Waals surface area contributed by atoms with Crippen molar-refractivity contribution in [2.75, 3.05) is 39.7 Å². The molecule has 8 heteroatoms. The number of nitrogens with zero attached hydrogens (tertiary/aromatic N) is 1. The molecule has 2 aromatic rings. The maximum absolute atomic E-state index is 5.37. The number of nitrogens with one attached hydrogen (secondary N) is 2. The average Bonchev–Trinajstić information content (AvgIpc) is 3.14. The van der Waals surface area contributed by atoms with Crippen molar-refractivity contribution in [1.29, 1.82) is 0 Å². The molecule has 0 aliphatic carbocycles. The standard InChI is InChI=1S/C18H25N3O4.HI/c1-5-19-18(20-9-8-14-7-6-10-25-14)21-13-11-15(22-2)17(24-4)16(12-13)23-3;/h6-7,10-12H,5,8-9H2,1-4H3,(H2,19,20,21);1H. The van der Waals surface area contributed by atoms with E-state index in [1.165, 1.54) is 0 Å². The zero-order valence-electron chi connectivity index (χ0n) is 15.5. The topological polar surface area (TPSA) is 77.3 Å². The van der Waals surface area contributed by atoms with Gasteiger partial charge in [-0.2, -0.15) is 0 Å². The lowest BCUT2D eigenvalue weighted by atomic mass is 10.2. The van der Waals surface area contributed by atoms with Crippen molar-refractivity contribution in [1.82, 2.24) is 5.32 Å². The molecule has 2 N–H and O–H groups in total. The molecule has 144 valence electrons. The van der Waals surface area contributed by atoms with Gasteiger partial charge in [-0.25, -0.2) is 0 Å². The quantitative estimate of drug-likeness (QED) is 0.346. The molecule has 26 heavy (non-hydrogen) atoms. The van der Waals surface area contributed by atoms with Crippen molar-refractivity contribution in [3.05, 3.63) is 36.3 Å². The molecule has 0 saturated heterocycles. The molecule has 0 amide bonds. The van der Waals surface area contributed by atoms with Crippen LogP contribution in [0.3, 0.4) is 0 Å².